The summed E-state index contributed by atoms with van der Waals surface area (Å²) in [5.41, 5.74) is 0.385. The second kappa shape index (κ2) is 4.71. The number of nitrogens with one attached hydrogen (secondary N) is 1. The van der Waals surface area contributed by atoms with E-state index in [1.165, 1.54) is 12.8 Å². The number of amides is 1. The number of nitrogens with zero attached hydrogens (tertiary/aromatic N) is 1. The molecule has 2 saturated heterocycles. The Hall–Kier alpha value is -0.220. The van der Waals surface area contributed by atoms with Gasteiger partial charge in [-0.15, -0.1) is 0 Å². The van der Waals surface area contributed by atoms with Crippen molar-refractivity contribution in [3.8, 4) is 0 Å². The molecule has 3 rings (SSSR count). The molecule has 0 radical (unpaired) electrons. The minimum Gasteiger partial charge on any atom is -0.338 e. The Bertz CT molecular complexity index is 341. The van der Waals surface area contributed by atoms with E-state index in [2.05, 4.69) is 24.1 Å². The quantitative estimate of drug-likeness (QED) is 0.786. The van der Waals surface area contributed by atoms with Crippen LogP contribution in [0.5, 0.6) is 0 Å². The van der Waals surface area contributed by atoms with E-state index in [4.69, 9.17) is 0 Å². The van der Waals surface area contributed by atoms with Crippen LogP contribution < -0.4 is 5.32 Å². The summed E-state index contributed by atoms with van der Waals surface area (Å²) in [6.07, 6.45) is 3.56. The van der Waals surface area contributed by atoms with Crippen LogP contribution in [0.1, 0.15) is 33.1 Å². The Morgan fingerprint density at radius 2 is 2.06 bits per heavy atom. The van der Waals surface area contributed by atoms with Crippen LogP contribution in [0.15, 0.2) is 0 Å². The average Bonchev–Trinajstić information content (AvgIpc) is 3.06. The summed E-state index contributed by atoms with van der Waals surface area (Å²) in [5, 5.41) is 4.00. The van der Waals surface area contributed by atoms with Crippen molar-refractivity contribution in [1.82, 2.24) is 10.2 Å². The van der Waals surface area contributed by atoms with E-state index in [1.807, 2.05) is 11.8 Å². The highest BCUT2D eigenvalue weighted by atomic mass is 32.2. The van der Waals surface area contributed by atoms with Crippen molar-refractivity contribution in [3.05, 3.63) is 0 Å². The van der Waals surface area contributed by atoms with E-state index in [0.29, 0.717) is 28.5 Å². The van der Waals surface area contributed by atoms with Crippen LogP contribution in [0.3, 0.4) is 0 Å². The van der Waals surface area contributed by atoms with Gasteiger partial charge < -0.3 is 10.2 Å². The summed E-state index contributed by atoms with van der Waals surface area (Å²) >= 11 is 2.00. The summed E-state index contributed by atoms with van der Waals surface area (Å²) in [5.74, 6) is 1.91. The minimum absolute atomic E-state index is 0.345. The van der Waals surface area contributed by atoms with Crippen LogP contribution in [0, 0.1) is 11.3 Å². The lowest BCUT2D eigenvalue weighted by atomic mass is 9.91. The Balaban J connectivity index is 1.65. The van der Waals surface area contributed by atoms with Crippen LogP contribution in [-0.2, 0) is 4.79 Å². The predicted octanol–water partition coefficient (Wildman–Crippen LogP) is 1.73. The highest BCUT2D eigenvalue weighted by molar-refractivity contribution is 8.00. The van der Waals surface area contributed by atoms with Gasteiger partial charge in [0.25, 0.3) is 0 Å². The average molecular weight is 268 g/mol. The van der Waals surface area contributed by atoms with Gasteiger partial charge in [-0.05, 0) is 44.7 Å². The molecular formula is C14H24N2OS. The standard InChI is InChI=1S/C14H24N2OS/c1-10-11(2)18-8-7-16(10)13(17)12-9-14(12)3-5-15-6-4-14/h10-12,15H,3-9H2,1-2H3. The first-order valence-corrected chi connectivity index (χ1v) is 8.32. The number of piperidine rings is 1. The first kappa shape index (κ1) is 12.8. The molecule has 3 nitrogen and oxygen atoms in total. The SMILES string of the molecule is CC1SCCN(C(=O)C2CC23CCNCC3)C1C. The maximum Gasteiger partial charge on any atom is 0.226 e. The van der Waals surface area contributed by atoms with Crippen molar-refractivity contribution in [3.63, 3.8) is 0 Å². The molecule has 3 fully saturated rings. The van der Waals surface area contributed by atoms with E-state index in [1.54, 1.807) is 0 Å². The zero-order valence-corrected chi connectivity index (χ0v) is 12.3. The molecule has 0 aromatic heterocycles. The van der Waals surface area contributed by atoms with Gasteiger partial charge in [0.05, 0.1) is 0 Å². The largest absolute Gasteiger partial charge is 0.338 e. The molecule has 1 saturated carbocycles. The number of rotatable bonds is 1. The van der Waals surface area contributed by atoms with Gasteiger partial charge in [-0.3, -0.25) is 4.79 Å². The molecule has 0 aromatic carbocycles. The highest BCUT2D eigenvalue weighted by Crippen LogP contribution is 2.59. The third kappa shape index (κ3) is 2.07. The molecule has 1 amide bonds. The second-order valence-electron chi connectivity index (χ2n) is 6.22. The Morgan fingerprint density at radius 3 is 2.78 bits per heavy atom. The van der Waals surface area contributed by atoms with E-state index in [9.17, 15) is 4.79 Å². The van der Waals surface area contributed by atoms with Crippen LogP contribution >= 0.6 is 11.8 Å². The number of hydrogen-bond acceptors (Lipinski definition) is 3. The summed E-state index contributed by atoms with van der Waals surface area (Å²) in [6.45, 7) is 7.63. The lowest BCUT2D eigenvalue weighted by molar-refractivity contribution is -0.135. The van der Waals surface area contributed by atoms with Crippen molar-refractivity contribution in [2.75, 3.05) is 25.4 Å². The molecule has 1 spiro atoms. The zero-order valence-electron chi connectivity index (χ0n) is 11.4. The predicted molar refractivity (Wildman–Crippen MR) is 75.7 cm³/mol. The number of carbonyl (C=O) groups is 1. The molecule has 2 aliphatic heterocycles. The molecule has 4 heteroatoms. The van der Waals surface area contributed by atoms with Gasteiger partial charge in [-0.2, -0.15) is 11.8 Å². The summed E-state index contributed by atoms with van der Waals surface area (Å²) in [6, 6.07) is 0.413. The zero-order chi connectivity index (χ0) is 12.8. The fourth-order valence-electron chi connectivity index (χ4n) is 3.62. The van der Waals surface area contributed by atoms with Crippen molar-refractivity contribution in [1.29, 1.82) is 0 Å². The molecule has 3 unspecified atom stereocenters. The van der Waals surface area contributed by atoms with E-state index >= 15 is 0 Å². The number of hydrogen-bond donors (Lipinski definition) is 1. The molecule has 102 valence electrons. The van der Waals surface area contributed by atoms with Crippen LogP contribution in [0.2, 0.25) is 0 Å². The van der Waals surface area contributed by atoms with Crippen molar-refractivity contribution in [2.45, 2.75) is 44.4 Å². The van der Waals surface area contributed by atoms with E-state index in [-0.39, 0.29) is 0 Å². The highest BCUT2D eigenvalue weighted by Gasteiger charge is 2.59. The lowest BCUT2D eigenvalue weighted by Crippen LogP contribution is -2.49. The molecule has 1 aliphatic carbocycles. The summed E-state index contributed by atoms with van der Waals surface area (Å²) in [7, 11) is 0. The topological polar surface area (TPSA) is 32.3 Å². The molecule has 0 bridgehead atoms. The van der Waals surface area contributed by atoms with Crippen molar-refractivity contribution in [2.24, 2.45) is 11.3 Å². The smallest absolute Gasteiger partial charge is 0.226 e. The van der Waals surface area contributed by atoms with E-state index in [0.717, 1.165) is 31.8 Å². The number of thioether (sulfide) groups is 1. The minimum atomic E-state index is 0.345. The maximum atomic E-state index is 12.7. The summed E-state index contributed by atoms with van der Waals surface area (Å²) in [4.78, 5) is 14.9. The van der Waals surface area contributed by atoms with Crippen LogP contribution in [0.25, 0.3) is 0 Å². The Morgan fingerprint density at radius 1 is 1.33 bits per heavy atom. The lowest BCUT2D eigenvalue weighted by Gasteiger charge is -2.38. The monoisotopic (exact) mass is 268 g/mol. The van der Waals surface area contributed by atoms with Crippen LogP contribution in [-0.4, -0.2) is 47.5 Å². The third-order valence-corrected chi connectivity index (χ3v) is 6.59. The van der Waals surface area contributed by atoms with Gasteiger partial charge in [0.2, 0.25) is 5.91 Å². The normalized spacial score (nSPS) is 38.8. The fourth-order valence-corrected chi connectivity index (χ4v) is 4.72. The third-order valence-electron chi connectivity index (χ3n) is 5.25. The van der Waals surface area contributed by atoms with Crippen molar-refractivity contribution < 1.29 is 4.79 Å². The molecule has 1 N–H and O–H groups in total. The first-order chi connectivity index (χ1) is 8.64. The first-order valence-electron chi connectivity index (χ1n) is 7.27. The van der Waals surface area contributed by atoms with Crippen molar-refractivity contribution >= 4 is 17.7 Å². The van der Waals surface area contributed by atoms with Gasteiger partial charge in [0.15, 0.2) is 0 Å². The van der Waals surface area contributed by atoms with Gasteiger partial charge in [-0.25, -0.2) is 0 Å². The Kier molecular flexibility index (Phi) is 3.35. The Labute approximate surface area is 114 Å². The second-order valence-corrected chi connectivity index (χ2v) is 7.70. The van der Waals surface area contributed by atoms with Gasteiger partial charge in [0, 0.05) is 29.5 Å². The molecule has 0 aromatic rings. The van der Waals surface area contributed by atoms with Gasteiger partial charge >= 0.3 is 0 Å². The molecule has 2 heterocycles. The summed E-state index contributed by atoms with van der Waals surface area (Å²) < 4.78 is 0. The van der Waals surface area contributed by atoms with Crippen LogP contribution in [0.4, 0.5) is 0 Å². The van der Waals surface area contributed by atoms with Gasteiger partial charge in [0.1, 0.15) is 0 Å². The maximum absolute atomic E-state index is 12.7. The molecule has 18 heavy (non-hydrogen) atoms. The molecular weight excluding hydrogens is 244 g/mol. The fraction of sp³-hybridized carbons (Fsp3) is 0.929. The van der Waals surface area contributed by atoms with E-state index < -0.39 is 0 Å². The van der Waals surface area contributed by atoms with Gasteiger partial charge in [-0.1, -0.05) is 6.92 Å². The molecule has 3 aliphatic rings. The number of carbonyl (C=O) groups excluding carboxylic acids is 1. The molecule has 3 atom stereocenters.